The summed E-state index contributed by atoms with van der Waals surface area (Å²) < 4.78 is 1.72. The number of aryl methyl sites for hydroxylation is 1. The second-order valence-corrected chi connectivity index (χ2v) is 7.77. The SMILES string of the molecule is CSc1nc2nnc(-c3ccnc(N4CCN(c5ccccc5)CC4)n3)c(C)n2n1. The Morgan fingerprint density at radius 3 is 2.43 bits per heavy atom. The smallest absolute Gasteiger partial charge is 0.272 e. The van der Waals surface area contributed by atoms with Gasteiger partial charge in [-0.15, -0.1) is 15.3 Å². The number of hydrogen-bond acceptors (Lipinski definition) is 9. The highest BCUT2D eigenvalue weighted by Crippen LogP contribution is 2.23. The van der Waals surface area contributed by atoms with Crippen LogP contribution in [0.3, 0.4) is 0 Å². The van der Waals surface area contributed by atoms with Crippen molar-refractivity contribution in [3.63, 3.8) is 0 Å². The van der Waals surface area contributed by atoms with E-state index in [1.165, 1.54) is 17.4 Å². The largest absolute Gasteiger partial charge is 0.368 e. The van der Waals surface area contributed by atoms with Gasteiger partial charge < -0.3 is 9.80 Å². The van der Waals surface area contributed by atoms with E-state index in [0.717, 1.165) is 37.6 Å². The molecule has 1 aliphatic heterocycles. The Hall–Kier alpha value is -3.27. The Morgan fingerprint density at radius 2 is 1.67 bits per heavy atom. The number of benzene rings is 1. The number of nitrogens with zero attached hydrogens (tertiary/aromatic N) is 9. The molecule has 0 unspecified atom stereocenters. The second kappa shape index (κ2) is 7.86. The molecule has 3 aromatic heterocycles. The van der Waals surface area contributed by atoms with Crippen molar-refractivity contribution in [1.29, 1.82) is 0 Å². The lowest BCUT2D eigenvalue weighted by molar-refractivity contribution is 0.640. The minimum absolute atomic E-state index is 0.493. The number of aromatic nitrogens is 7. The fourth-order valence-electron chi connectivity index (χ4n) is 3.60. The number of anilines is 2. The molecule has 10 heteroatoms. The molecule has 1 saturated heterocycles. The Morgan fingerprint density at radius 1 is 0.900 bits per heavy atom. The van der Waals surface area contributed by atoms with Crippen LogP contribution in [0.25, 0.3) is 17.2 Å². The third-order valence-corrected chi connectivity index (χ3v) is 5.76. The number of hydrogen-bond donors (Lipinski definition) is 0. The van der Waals surface area contributed by atoms with Gasteiger partial charge in [0.15, 0.2) is 0 Å². The summed E-state index contributed by atoms with van der Waals surface area (Å²) in [5, 5.41) is 13.7. The highest BCUT2D eigenvalue weighted by Gasteiger charge is 2.21. The quantitative estimate of drug-likeness (QED) is 0.462. The molecule has 4 aromatic rings. The Labute approximate surface area is 178 Å². The first-order chi connectivity index (χ1) is 14.7. The van der Waals surface area contributed by atoms with Crippen LogP contribution in [0.4, 0.5) is 11.6 Å². The van der Waals surface area contributed by atoms with E-state index in [1.54, 1.807) is 10.7 Å². The fraction of sp³-hybridized carbons (Fsp3) is 0.300. The second-order valence-electron chi connectivity index (χ2n) is 7.00. The normalized spacial score (nSPS) is 14.5. The molecule has 152 valence electrons. The maximum atomic E-state index is 4.79. The first-order valence-electron chi connectivity index (χ1n) is 9.75. The van der Waals surface area contributed by atoms with Crippen LogP contribution in [0.15, 0.2) is 47.8 Å². The summed E-state index contributed by atoms with van der Waals surface area (Å²) in [5.74, 6) is 1.21. The van der Waals surface area contributed by atoms with E-state index in [0.29, 0.717) is 22.6 Å². The van der Waals surface area contributed by atoms with E-state index in [-0.39, 0.29) is 0 Å². The minimum atomic E-state index is 0.493. The van der Waals surface area contributed by atoms with Crippen LogP contribution in [0.2, 0.25) is 0 Å². The molecule has 30 heavy (non-hydrogen) atoms. The lowest BCUT2D eigenvalue weighted by atomic mass is 10.2. The van der Waals surface area contributed by atoms with Crippen molar-refractivity contribution in [2.24, 2.45) is 0 Å². The van der Waals surface area contributed by atoms with Crippen LogP contribution in [0.1, 0.15) is 5.69 Å². The molecule has 0 radical (unpaired) electrons. The van der Waals surface area contributed by atoms with Gasteiger partial charge in [0.1, 0.15) is 5.69 Å². The van der Waals surface area contributed by atoms with E-state index in [9.17, 15) is 0 Å². The summed E-state index contributed by atoms with van der Waals surface area (Å²) in [6.45, 7) is 5.54. The van der Waals surface area contributed by atoms with Gasteiger partial charge in [-0.3, -0.25) is 0 Å². The van der Waals surface area contributed by atoms with Gasteiger partial charge in [-0.25, -0.2) is 9.97 Å². The molecule has 0 saturated carbocycles. The third kappa shape index (κ3) is 3.43. The molecule has 0 spiro atoms. The zero-order valence-corrected chi connectivity index (χ0v) is 17.6. The molecular formula is C20H21N9S. The first-order valence-corrected chi connectivity index (χ1v) is 11.0. The van der Waals surface area contributed by atoms with Crippen molar-refractivity contribution in [2.45, 2.75) is 12.1 Å². The molecule has 1 aliphatic rings. The average molecular weight is 420 g/mol. The van der Waals surface area contributed by atoms with E-state index >= 15 is 0 Å². The Kier molecular flexibility index (Phi) is 4.91. The van der Waals surface area contributed by atoms with E-state index in [2.05, 4.69) is 59.3 Å². The van der Waals surface area contributed by atoms with Crippen molar-refractivity contribution in [1.82, 2.24) is 34.8 Å². The molecular weight excluding hydrogens is 398 g/mol. The zero-order chi connectivity index (χ0) is 20.5. The van der Waals surface area contributed by atoms with Crippen LogP contribution >= 0.6 is 11.8 Å². The predicted molar refractivity (Wildman–Crippen MR) is 117 cm³/mol. The topological polar surface area (TPSA) is 88.2 Å². The first kappa shape index (κ1) is 18.7. The number of thioether (sulfide) groups is 1. The van der Waals surface area contributed by atoms with Crippen LogP contribution in [0, 0.1) is 6.92 Å². The molecule has 0 atom stereocenters. The Balaban J connectivity index is 1.39. The van der Waals surface area contributed by atoms with Crippen molar-refractivity contribution in [3.8, 4) is 11.4 Å². The van der Waals surface area contributed by atoms with Gasteiger partial charge in [-0.05, 0) is 31.4 Å². The molecule has 5 rings (SSSR count). The molecule has 0 aliphatic carbocycles. The summed E-state index contributed by atoms with van der Waals surface area (Å²) in [4.78, 5) is 18.2. The van der Waals surface area contributed by atoms with Crippen LogP contribution in [-0.2, 0) is 0 Å². The van der Waals surface area contributed by atoms with Gasteiger partial charge in [0, 0.05) is 38.1 Å². The summed E-state index contributed by atoms with van der Waals surface area (Å²) in [6, 6.07) is 12.4. The van der Waals surface area contributed by atoms with Crippen molar-refractivity contribution in [3.05, 3.63) is 48.3 Å². The van der Waals surface area contributed by atoms with Gasteiger partial charge in [-0.2, -0.15) is 9.50 Å². The van der Waals surface area contributed by atoms with Crippen LogP contribution in [0.5, 0.6) is 0 Å². The molecule has 0 N–H and O–H groups in total. The van der Waals surface area contributed by atoms with E-state index < -0.39 is 0 Å². The highest BCUT2D eigenvalue weighted by atomic mass is 32.2. The van der Waals surface area contributed by atoms with Crippen LogP contribution in [-0.4, -0.2) is 67.2 Å². The minimum Gasteiger partial charge on any atom is -0.368 e. The van der Waals surface area contributed by atoms with Crippen molar-refractivity contribution >= 4 is 29.2 Å². The molecule has 1 aromatic carbocycles. The molecule has 4 heterocycles. The zero-order valence-electron chi connectivity index (χ0n) is 16.8. The van der Waals surface area contributed by atoms with Crippen molar-refractivity contribution < 1.29 is 0 Å². The third-order valence-electron chi connectivity index (χ3n) is 5.22. The Bertz CT molecular complexity index is 1170. The van der Waals surface area contributed by atoms with Gasteiger partial charge in [0.05, 0.1) is 11.4 Å². The lowest BCUT2D eigenvalue weighted by Gasteiger charge is -2.36. The summed E-state index contributed by atoms with van der Waals surface area (Å²) in [5.41, 5.74) is 3.53. The highest BCUT2D eigenvalue weighted by molar-refractivity contribution is 7.98. The number of piperazine rings is 1. The van der Waals surface area contributed by atoms with Gasteiger partial charge in [-0.1, -0.05) is 30.0 Å². The predicted octanol–water partition coefficient (Wildman–Crippen LogP) is 2.33. The summed E-state index contributed by atoms with van der Waals surface area (Å²) in [7, 11) is 0. The van der Waals surface area contributed by atoms with Gasteiger partial charge in [0.2, 0.25) is 11.1 Å². The summed E-state index contributed by atoms with van der Waals surface area (Å²) >= 11 is 1.48. The molecule has 0 amide bonds. The number of para-hydroxylation sites is 1. The maximum absolute atomic E-state index is 4.79. The monoisotopic (exact) mass is 419 g/mol. The fourth-order valence-corrected chi connectivity index (χ4v) is 3.94. The average Bonchev–Trinajstić information content (AvgIpc) is 3.25. The van der Waals surface area contributed by atoms with E-state index in [4.69, 9.17) is 4.98 Å². The van der Waals surface area contributed by atoms with Crippen molar-refractivity contribution in [2.75, 3.05) is 42.2 Å². The number of fused-ring (bicyclic) bond motifs is 1. The van der Waals surface area contributed by atoms with Gasteiger partial charge in [0.25, 0.3) is 5.78 Å². The standard InChI is InChI=1S/C20H21N9S/c1-14-17(24-25-19-23-20(30-2)26-29(14)19)16-8-9-21-18(22-16)28-12-10-27(11-13-28)15-6-4-3-5-7-15/h3-9H,10-13H2,1-2H3. The maximum Gasteiger partial charge on any atom is 0.272 e. The molecule has 1 fully saturated rings. The molecule has 9 nitrogen and oxygen atoms in total. The molecule has 0 bridgehead atoms. The summed E-state index contributed by atoms with van der Waals surface area (Å²) in [6.07, 6.45) is 3.72. The van der Waals surface area contributed by atoms with E-state index in [1.807, 2.05) is 25.3 Å². The van der Waals surface area contributed by atoms with Crippen LogP contribution < -0.4 is 9.80 Å². The lowest BCUT2D eigenvalue weighted by Crippen LogP contribution is -2.47. The van der Waals surface area contributed by atoms with Gasteiger partial charge >= 0.3 is 0 Å². The number of rotatable bonds is 4.